The molecule has 1 aromatic carbocycles. The number of oxime groups is 1. The van der Waals surface area contributed by atoms with E-state index in [2.05, 4.69) is 10.3 Å². The van der Waals surface area contributed by atoms with Crippen molar-refractivity contribution in [2.45, 2.75) is 11.3 Å². The normalized spacial score (nSPS) is 14.3. The summed E-state index contributed by atoms with van der Waals surface area (Å²) < 4.78 is 25.3. The minimum atomic E-state index is -3.61. The Hall–Kier alpha value is -2.39. The van der Waals surface area contributed by atoms with E-state index in [1.165, 1.54) is 25.4 Å². The average Bonchev–Trinajstić information content (AvgIpc) is 3.17. The van der Waals surface area contributed by atoms with E-state index in [4.69, 9.17) is 16.4 Å². The zero-order valence-electron chi connectivity index (χ0n) is 13.4. The molecule has 8 nitrogen and oxygen atoms in total. The topological polar surface area (TPSA) is 111 Å². The molecule has 0 amide bonds. The Morgan fingerprint density at radius 1 is 1.36 bits per heavy atom. The zero-order chi connectivity index (χ0) is 18.4. The number of nitrogens with one attached hydrogen (secondary N) is 1. The molecule has 0 bridgehead atoms. The van der Waals surface area contributed by atoms with E-state index in [1.54, 1.807) is 0 Å². The Bertz CT molecular complexity index is 1070. The van der Waals surface area contributed by atoms with Gasteiger partial charge in [0.05, 0.1) is 15.6 Å². The van der Waals surface area contributed by atoms with Crippen LogP contribution in [0.15, 0.2) is 33.2 Å². The Morgan fingerprint density at radius 3 is 2.60 bits per heavy atom. The second kappa shape index (κ2) is 6.16. The third-order valence-corrected chi connectivity index (χ3v) is 5.36. The molecule has 2 heterocycles. The van der Waals surface area contributed by atoms with Crippen LogP contribution in [0, 0.1) is 0 Å². The summed E-state index contributed by atoms with van der Waals surface area (Å²) in [6, 6.07) is 2.59. The number of sulfone groups is 1. The Labute approximate surface area is 147 Å². The van der Waals surface area contributed by atoms with Gasteiger partial charge in [-0.15, -0.1) is 0 Å². The molecule has 0 fully saturated rings. The third-order valence-electron chi connectivity index (χ3n) is 3.82. The van der Waals surface area contributed by atoms with Gasteiger partial charge in [-0.05, 0) is 12.1 Å². The maximum Gasteiger partial charge on any atom is 0.277 e. The van der Waals surface area contributed by atoms with E-state index in [9.17, 15) is 18.0 Å². The number of carbonyl (C=O) groups excluding carboxylic acids is 1. The second-order valence-electron chi connectivity index (χ2n) is 5.57. The van der Waals surface area contributed by atoms with Gasteiger partial charge in [0.1, 0.15) is 12.2 Å². The number of hydrogen-bond acceptors (Lipinski definition) is 6. The maximum atomic E-state index is 12.7. The van der Waals surface area contributed by atoms with Crippen LogP contribution in [0.3, 0.4) is 0 Å². The number of H-pyrrole nitrogens is 1. The molecule has 25 heavy (non-hydrogen) atoms. The van der Waals surface area contributed by atoms with Gasteiger partial charge in [-0.2, -0.15) is 0 Å². The average molecular weight is 384 g/mol. The molecular formula is C15H14ClN3O5S. The third kappa shape index (κ3) is 3.00. The van der Waals surface area contributed by atoms with Gasteiger partial charge in [-0.25, -0.2) is 8.42 Å². The first-order valence-electron chi connectivity index (χ1n) is 7.22. The van der Waals surface area contributed by atoms with Crippen LogP contribution in [0.5, 0.6) is 0 Å². The summed E-state index contributed by atoms with van der Waals surface area (Å²) in [5.41, 5.74) is -0.0827. The SMILES string of the molecule is Cn1[nH]cc(C(=O)c2ccc(S(C)(=O)=O)c(C3=NOCC3)c2Cl)c1=O. The van der Waals surface area contributed by atoms with Crippen molar-refractivity contribution >= 4 is 32.9 Å². The van der Waals surface area contributed by atoms with E-state index >= 15 is 0 Å². The molecule has 1 aliphatic heterocycles. The van der Waals surface area contributed by atoms with Crippen LogP contribution < -0.4 is 5.56 Å². The first-order valence-corrected chi connectivity index (χ1v) is 9.49. The highest BCUT2D eigenvalue weighted by Crippen LogP contribution is 2.31. The molecule has 0 aliphatic carbocycles. The lowest BCUT2D eigenvalue weighted by Crippen LogP contribution is -2.20. The number of aromatic amines is 1. The van der Waals surface area contributed by atoms with Crippen molar-refractivity contribution < 1.29 is 18.0 Å². The summed E-state index contributed by atoms with van der Waals surface area (Å²) >= 11 is 6.36. The number of nitrogens with zero attached hydrogens (tertiary/aromatic N) is 2. The molecular weight excluding hydrogens is 370 g/mol. The number of aromatic nitrogens is 2. The monoisotopic (exact) mass is 383 g/mol. The highest BCUT2D eigenvalue weighted by Gasteiger charge is 2.28. The van der Waals surface area contributed by atoms with Gasteiger partial charge in [0.15, 0.2) is 9.84 Å². The predicted molar refractivity (Wildman–Crippen MR) is 91.1 cm³/mol. The van der Waals surface area contributed by atoms with Gasteiger partial charge < -0.3 is 9.94 Å². The first kappa shape index (κ1) is 17.4. The van der Waals surface area contributed by atoms with E-state index in [0.717, 1.165) is 10.9 Å². The second-order valence-corrected chi connectivity index (χ2v) is 7.94. The molecule has 10 heteroatoms. The van der Waals surface area contributed by atoms with Gasteiger partial charge >= 0.3 is 0 Å². The fourth-order valence-corrected chi connectivity index (χ4v) is 3.89. The van der Waals surface area contributed by atoms with E-state index < -0.39 is 21.2 Å². The van der Waals surface area contributed by atoms with Gasteiger partial charge in [0.25, 0.3) is 5.56 Å². The van der Waals surface area contributed by atoms with E-state index in [-0.39, 0.29) is 26.6 Å². The fourth-order valence-electron chi connectivity index (χ4n) is 2.56. The fraction of sp³-hybridized carbons (Fsp3) is 0.267. The van der Waals surface area contributed by atoms with Crippen LogP contribution in [0.25, 0.3) is 0 Å². The number of benzene rings is 1. The lowest BCUT2D eigenvalue weighted by Gasteiger charge is -2.12. The van der Waals surface area contributed by atoms with Crippen LogP contribution >= 0.6 is 11.6 Å². The van der Waals surface area contributed by atoms with E-state index in [1.807, 2.05) is 0 Å². The van der Waals surface area contributed by atoms with Crippen molar-refractivity contribution in [2.75, 3.05) is 12.9 Å². The maximum absolute atomic E-state index is 12.7. The summed E-state index contributed by atoms with van der Waals surface area (Å²) in [5, 5.41) is 6.36. The quantitative estimate of drug-likeness (QED) is 0.795. The summed E-state index contributed by atoms with van der Waals surface area (Å²) in [6.45, 7) is 0.297. The molecule has 0 saturated heterocycles. The number of hydrogen-bond donors (Lipinski definition) is 1. The van der Waals surface area contributed by atoms with Crippen molar-refractivity contribution in [1.29, 1.82) is 0 Å². The molecule has 0 atom stereocenters. The Morgan fingerprint density at radius 2 is 2.08 bits per heavy atom. The van der Waals surface area contributed by atoms with Gasteiger partial charge in [-0.3, -0.25) is 14.3 Å². The smallest absolute Gasteiger partial charge is 0.277 e. The molecule has 0 radical (unpaired) electrons. The van der Waals surface area contributed by atoms with Gasteiger partial charge in [0, 0.05) is 37.0 Å². The zero-order valence-corrected chi connectivity index (χ0v) is 14.9. The standard InChI is InChI=1S/C15H14ClN3O5S/c1-19-15(21)9(7-17-19)14(20)8-3-4-11(25(2,22)23)12(13(8)16)10-5-6-24-18-10/h3-4,7,17H,5-6H2,1-2H3. The Balaban J connectivity index is 2.23. The van der Waals surface area contributed by atoms with Crippen LogP contribution in [0.4, 0.5) is 0 Å². The number of rotatable bonds is 4. The van der Waals surface area contributed by atoms with E-state index in [0.29, 0.717) is 18.7 Å². The number of ketones is 1. The number of carbonyl (C=O) groups is 1. The molecule has 0 saturated carbocycles. The van der Waals surface area contributed by atoms with Crippen LogP contribution in [0.1, 0.15) is 27.9 Å². The van der Waals surface area contributed by atoms with Crippen LogP contribution in [0.2, 0.25) is 5.02 Å². The van der Waals surface area contributed by atoms with Crippen molar-refractivity contribution in [3.05, 3.63) is 50.4 Å². The van der Waals surface area contributed by atoms with Crippen molar-refractivity contribution in [3.63, 3.8) is 0 Å². The van der Waals surface area contributed by atoms with Crippen molar-refractivity contribution in [1.82, 2.24) is 9.78 Å². The lowest BCUT2D eigenvalue weighted by molar-refractivity contribution is 0.103. The molecule has 1 aromatic heterocycles. The van der Waals surface area contributed by atoms with Crippen LogP contribution in [-0.4, -0.2) is 42.6 Å². The number of halogens is 1. The molecule has 1 N–H and O–H groups in total. The molecule has 3 rings (SSSR count). The first-order chi connectivity index (χ1) is 11.7. The summed E-state index contributed by atoms with van der Waals surface area (Å²) in [4.78, 5) is 29.6. The molecule has 0 spiro atoms. The molecule has 132 valence electrons. The molecule has 1 aliphatic rings. The summed E-state index contributed by atoms with van der Waals surface area (Å²) in [7, 11) is -2.13. The Kier molecular flexibility index (Phi) is 4.29. The van der Waals surface area contributed by atoms with Crippen molar-refractivity contribution in [2.24, 2.45) is 12.2 Å². The minimum absolute atomic E-state index is 0.0235. The minimum Gasteiger partial charge on any atom is -0.395 e. The highest BCUT2D eigenvalue weighted by atomic mass is 35.5. The largest absolute Gasteiger partial charge is 0.395 e. The molecule has 0 unspecified atom stereocenters. The van der Waals surface area contributed by atoms with Crippen LogP contribution in [-0.2, 0) is 21.7 Å². The lowest BCUT2D eigenvalue weighted by atomic mass is 10.00. The van der Waals surface area contributed by atoms with Gasteiger partial charge in [-0.1, -0.05) is 16.8 Å². The highest BCUT2D eigenvalue weighted by molar-refractivity contribution is 7.90. The van der Waals surface area contributed by atoms with Crippen molar-refractivity contribution in [3.8, 4) is 0 Å². The van der Waals surface area contributed by atoms with Gasteiger partial charge in [0.2, 0.25) is 5.78 Å². The molecule has 2 aromatic rings. The summed E-state index contributed by atoms with van der Waals surface area (Å²) in [6.07, 6.45) is 2.69. The summed E-state index contributed by atoms with van der Waals surface area (Å²) in [5.74, 6) is -0.604. The predicted octanol–water partition coefficient (Wildman–Crippen LogP) is 1.13. The number of aryl methyl sites for hydroxylation is 1.